The Bertz CT molecular complexity index is 963. The van der Waals surface area contributed by atoms with Crippen molar-refractivity contribution in [2.45, 2.75) is 62.6 Å². The number of aromatic nitrogens is 5. The topological polar surface area (TPSA) is 88.1 Å². The number of rotatable bonds is 8. The van der Waals surface area contributed by atoms with Crippen molar-refractivity contribution in [1.82, 2.24) is 24.9 Å². The van der Waals surface area contributed by atoms with Gasteiger partial charge in [-0.15, -0.1) is 10.2 Å². The smallest absolute Gasteiger partial charge is 0.239 e. The number of ether oxygens (including phenoxy) is 2. The van der Waals surface area contributed by atoms with Gasteiger partial charge in [-0.25, -0.2) is 0 Å². The molecule has 0 radical (unpaired) electrons. The third-order valence-electron chi connectivity index (χ3n) is 5.08. The van der Waals surface area contributed by atoms with Gasteiger partial charge in [0.25, 0.3) is 0 Å². The third kappa shape index (κ3) is 4.52. The normalized spacial score (nSPS) is 17.6. The van der Waals surface area contributed by atoms with Gasteiger partial charge in [0.1, 0.15) is 5.75 Å². The minimum atomic E-state index is -0.0406. The molecule has 1 aromatic carbocycles. The lowest BCUT2D eigenvalue weighted by Crippen LogP contribution is -2.16. The Morgan fingerprint density at radius 3 is 2.63 bits per heavy atom. The zero-order chi connectivity index (χ0) is 21.1. The summed E-state index contributed by atoms with van der Waals surface area (Å²) in [6.45, 7) is 7.66. The summed E-state index contributed by atoms with van der Waals surface area (Å²) in [5, 5.41) is 13.8. The molecule has 30 heavy (non-hydrogen) atoms. The van der Waals surface area contributed by atoms with Gasteiger partial charge in [0, 0.05) is 18.1 Å². The second-order valence-electron chi connectivity index (χ2n) is 7.69. The number of nitrogens with zero attached hydrogens (tertiary/aromatic N) is 5. The maximum Gasteiger partial charge on any atom is 0.239 e. The molecule has 0 spiro atoms. The lowest BCUT2D eigenvalue weighted by molar-refractivity contribution is 0.0953. The Hall–Kier alpha value is -2.39. The van der Waals surface area contributed by atoms with Crippen LogP contribution in [-0.4, -0.2) is 44.7 Å². The SMILES string of the molecule is COc1ccc(-c2nnc(SC(C)c3nc(C(C)C)no3)n2CC2CCCO2)cc1. The van der Waals surface area contributed by atoms with Gasteiger partial charge in [0.15, 0.2) is 16.8 Å². The van der Waals surface area contributed by atoms with Crippen LogP contribution in [0, 0.1) is 0 Å². The maximum atomic E-state index is 5.88. The van der Waals surface area contributed by atoms with E-state index in [1.807, 2.05) is 45.0 Å². The van der Waals surface area contributed by atoms with Crippen LogP contribution in [0.4, 0.5) is 0 Å². The van der Waals surface area contributed by atoms with Crippen LogP contribution in [0.15, 0.2) is 33.9 Å². The molecule has 9 heteroatoms. The molecule has 1 aliphatic heterocycles. The van der Waals surface area contributed by atoms with E-state index in [4.69, 9.17) is 14.0 Å². The summed E-state index contributed by atoms with van der Waals surface area (Å²) >= 11 is 1.57. The fraction of sp³-hybridized carbons (Fsp3) is 0.524. The van der Waals surface area contributed by atoms with Gasteiger partial charge in [-0.1, -0.05) is 30.8 Å². The Morgan fingerprint density at radius 2 is 2.00 bits per heavy atom. The third-order valence-corrected chi connectivity index (χ3v) is 6.15. The van der Waals surface area contributed by atoms with Crippen LogP contribution in [0.25, 0.3) is 11.4 Å². The van der Waals surface area contributed by atoms with Crippen LogP contribution in [0.2, 0.25) is 0 Å². The molecule has 2 atom stereocenters. The highest BCUT2D eigenvalue weighted by molar-refractivity contribution is 7.99. The Morgan fingerprint density at radius 1 is 1.20 bits per heavy atom. The lowest BCUT2D eigenvalue weighted by Gasteiger charge is -2.15. The predicted octanol–water partition coefficient (Wildman–Crippen LogP) is 4.49. The predicted molar refractivity (Wildman–Crippen MR) is 114 cm³/mol. The minimum absolute atomic E-state index is 0.0406. The van der Waals surface area contributed by atoms with E-state index in [1.54, 1.807) is 18.9 Å². The molecular weight excluding hydrogens is 402 g/mol. The van der Waals surface area contributed by atoms with Crippen LogP contribution in [0.5, 0.6) is 5.75 Å². The molecule has 0 saturated carbocycles. The standard InChI is InChI=1S/C21H27N5O3S/c1-13(2)18-22-20(29-25-18)14(3)30-21-24-23-19(15-7-9-16(27-4)10-8-15)26(21)12-17-6-5-11-28-17/h7-10,13-14,17H,5-6,11-12H2,1-4H3. The maximum absolute atomic E-state index is 5.88. The van der Waals surface area contributed by atoms with Gasteiger partial charge >= 0.3 is 0 Å². The molecule has 0 bridgehead atoms. The number of benzene rings is 1. The highest BCUT2D eigenvalue weighted by Crippen LogP contribution is 2.36. The van der Waals surface area contributed by atoms with Gasteiger partial charge < -0.3 is 14.0 Å². The van der Waals surface area contributed by atoms with Crippen molar-refractivity contribution in [3.05, 3.63) is 36.0 Å². The van der Waals surface area contributed by atoms with Crippen molar-refractivity contribution >= 4 is 11.8 Å². The number of hydrogen-bond donors (Lipinski definition) is 0. The fourth-order valence-electron chi connectivity index (χ4n) is 3.34. The summed E-state index contributed by atoms with van der Waals surface area (Å²) < 4.78 is 18.8. The largest absolute Gasteiger partial charge is 0.497 e. The monoisotopic (exact) mass is 429 g/mol. The quantitative estimate of drug-likeness (QED) is 0.484. The van der Waals surface area contributed by atoms with Gasteiger partial charge in [-0.3, -0.25) is 4.57 Å². The van der Waals surface area contributed by atoms with Gasteiger partial charge in [-0.2, -0.15) is 4.98 Å². The van der Waals surface area contributed by atoms with Gasteiger partial charge in [-0.05, 0) is 44.0 Å². The van der Waals surface area contributed by atoms with Crippen molar-refractivity contribution in [3.63, 3.8) is 0 Å². The second kappa shape index (κ2) is 9.18. The van der Waals surface area contributed by atoms with E-state index in [9.17, 15) is 0 Å². The molecule has 0 amide bonds. The minimum Gasteiger partial charge on any atom is -0.497 e. The molecule has 3 aromatic rings. The average molecular weight is 430 g/mol. The summed E-state index contributed by atoms with van der Waals surface area (Å²) in [5.74, 6) is 3.17. The van der Waals surface area contributed by atoms with Crippen molar-refractivity contribution in [3.8, 4) is 17.1 Å². The molecule has 4 rings (SSSR count). The van der Waals surface area contributed by atoms with Crippen LogP contribution < -0.4 is 4.74 Å². The Kier molecular flexibility index (Phi) is 6.38. The van der Waals surface area contributed by atoms with Gasteiger partial charge in [0.2, 0.25) is 5.89 Å². The molecule has 0 N–H and O–H groups in total. The van der Waals surface area contributed by atoms with Gasteiger partial charge in [0.05, 0.1) is 25.0 Å². The lowest BCUT2D eigenvalue weighted by atomic mass is 10.2. The van der Waals surface area contributed by atoms with Crippen molar-refractivity contribution in [2.75, 3.05) is 13.7 Å². The summed E-state index contributed by atoms with van der Waals surface area (Å²) in [5.41, 5.74) is 0.987. The summed E-state index contributed by atoms with van der Waals surface area (Å²) in [7, 11) is 1.66. The molecule has 1 saturated heterocycles. The Balaban J connectivity index is 1.61. The van der Waals surface area contributed by atoms with E-state index in [0.29, 0.717) is 12.4 Å². The van der Waals surface area contributed by atoms with E-state index < -0.39 is 0 Å². The summed E-state index contributed by atoms with van der Waals surface area (Å²) in [4.78, 5) is 4.53. The molecule has 1 aliphatic rings. The second-order valence-corrected chi connectivity index (χ2v) is 8.99. The number of thioether (sulfide) groups is 1. The zero-order valence-corrected chi connectivity index (χ0v) is 18.6. The first-order valence-corrected chi connectivity index (χ1v) is 11.1. The van der Waals surface area contributed by atoms with E-state index in [2.05, 4.69) is 24.9 Å². The Labute approximate surface area is 180 Å². The summed E-state index contributed by atoms with van der Waals surface area (Å²) in [6.07, 6.45) is 2.30. The zero-order valence-electron chi connectivity index (χ0n) is 17.7. The molecule has 1 fully saturated rings. The molecule has 0 aliphatic carbocycles. The van der Waals surface area contributed by atoms with Crippen LogP contribution in [-0.2, 0) is 11.3 Å². The van der Waals surface area contributed by atoms with E-state index in [0.717, 1.165) is 47.6 Å². The highest BCUT2D eigenvalue weighted by Gasteiger charge is 2.25. The molecule has 2 aromatic heterocycles. The molecule has 2 unspecified atom stereocenters. The number of hydrogen-bond acceptors (Lipinski definition) is 8. The van der Waals surface area contributed by atoms with Crippen molar-refractivity contribution < 1.29 is 14.0 Å². The molecule has 3 heterocycles. The molecule has 160 valence electrons. The molecular formula is C21H27N5O3S. The molecule has 8 nitrogen and oxygen atoms in total. The van der Waals surface area contributed by atoms with E-state index >= 15 is 0 Å². The van der Waals surface area contributed by atoms with E-state index in [-0.39, 0.29) is 17.3 Å². The van der Waals surface area contributed by atoms with E-state index in [1.165, 1.54) is 0 Å². The van der Waals surface area contributed by atoms with Crippen LogP contribution in [0.1, 0.15) is 56.5 Å². The van der Waals surface area contributed by atoms with Crippen LogP contribution >= 0.6 is 11.8 Å². The van der Waals surface area contributed by atoms with Crippen LogP contribution in [0.3, 0.4) is 0 Å². The highest BCUT2D eigenvalue weighted by atomic mass is 32.2. The fourth-order valence-corrected chi connectivity index (χ4v) is 4.23. The number of methoxy groups -OCH3 is 1. The first-order chi connectivity index (χ1) is 14.5. The average Bonchev–Trinajstić information content (AvgIpc) is 3.50. The van der Waals surface area contributed by atoms with Crippen molar-refractivity contribution in [2.24, 2.45) is 0 Å². The summed E-state index contributed by atoms with van der Waals surface area (Å²) in [6, 6.07) is 7.86. The van der Waals surface area contributed by atoms with Crippen molar-refractivity contribution in [1.29, 1.82) is 0 Å². The first-order valence-electron chi connectivity index (χ1n) is 10.2. The first kappa shape index (κ1) is 20.9.